The van der Waals surface area contributed by atoms with Gasteiger partial charge in [0.2, 0.25) is 0 Å². The van der Waals surface area contributed by atoms with Crippen LogP contribution in [0.2, 0.25) is 0 Å². The number of thioether (sulfide) groups is 1. The maximum absolute atomic E-state index is 8.72. The number of rotatable bonds is 2. The molecule has 0 amide bonds. The summed E-state index contributed by atoms with van der Waals surface area (Å²) < 4.78 is 5.15. The summed E-state index contributed by atoms with van der Waals surface area (Å²) >= 11 is 1.60. The molecule has 2 aliphatic rings. The zero-order valence-corrected chi connectivity index (χ0v) is 8.04. The Morgan fingerprint density at radius 3 is 3.00 bits per heavy atom. The van der Waals surface area contributed by atoms with Gasteiger partial charge in [0.15, 0.2) is 0 Å². The zero-order valence-electron chi connectivity index (χ0n) is 7.23. The monoisotopic (exact) mass is 203 g/mol. The average molecular weight is 203 g/mol. The summed E-state index contributed by atoms with van der Waals surface area (Å²) in [7, 11) is 1.66. The van der Waals surface area contributed by atoms with E-state index in [1.807, 2.05) is 6.08 Å². The van der Waals surface area contributed by atoms with Crippen LogP contribution in [-0.4, -0.2) is 35.5 Å². The fraction of sp³-hybridized carbons (Fsp3) is 0.714. The van der Waals surface area contributed by atoms with Crippen LogP contribution in [0.15, 0.2) is 12.2 Å². The van der Waals surface area contributed by atoms with E-state index in [1.54, 1.807) is 18.9 Å². The van der Waals surface area contributed by atoms with Gasteiger partial charge in [0, 0.05) is 7.11 Å². The number of fused-ring (bicyclic) bond motifs is 1. The number of hydroxylamine groups is 1. The highest BCUT2D eigenvalue weighted by atomic mass is 32.2. The summed E-state index contributed by atoms with van der Waals surface area (Å²) in [6.45, 7) is 0. The molecule has 0 aliphatic carbocycles. The minimum absolute atomic E-state index is 0.0204. The molecule has 4 atom stereocenters. The molecule has 0 aromatic heterocycles. The SMILES string of the molecule is COC1C=CC2NC(NO)SC2N1. The van der Waals surface area contributed by atoms with Crippen LogP contribution >= 0.6 is 11.8 Å². The van der Waals surface area contributed by atoms with Crippen molar-refractivity contribution < 1.29 is 9.94 Å². The summed E-state index contributed by atoms with van der Waals surface area (Å²) in [6.07, 6.45) is 4.00. The van der Waals surface area contributed by atoms with E-state index in [2.05, 4.69) is 22.2 Å². The van der Waals surface area contributed by atoms with E-state index in [0.717, 1.165) is 0 Å². The smallest absolute Gasteiger partial charge is 0.130 e. The first kappa shape index (κ1) is 9.45. The molecule has 13 heavy (non-hydrogen) atoms. The number of ether oxygens (including phenoxy) is 1. The molecular formula is C7H13N3O2S. The Bertz CT molecular complexity index is 214. The molecule has 0 bridgehead atoms. The fourth-order valence-electron chi connectivity index (χ4n) is 1.48. The van der Waals surface area contributed by atoms with Gasteiger partial charge in [0.25, 0.3) is 0 Å². The van der Waals surface area contributed by atoms with Gasteiger partial charge >= 0.3 is 0 Å². The lowest BCUT2D eigenvalue weighted by atomic mass is 10.2. The van der Waals surface area contributed by atoms with Crippen molar-refractivity contribution >= 4 is 11.8 Å². The quantitative estimate of drug-likeness (QED) is 0.355. The van der Waals surface area contributed by atoms with Crippen molar-refractivity contribution in [3.05, 3.63) is 12.2 Å². The molecule has 74 valence electrons. The Morgan fingerprint density at radius 2 is 2.31 bits per heavy atom. The molecule has 0 spiro atoms. The molecular weight excluding hydrogens is 190 g/mol. The molecule has 1 fully saturated rings. The van der Waals surface area contributed by atoms with Crippen LogP contribution in [0.4, 0.5) is 0 Å². The molecule has 2 heterocycles. The molecule has 0 radical (unpaired) electrons. The van der Waals surface area contributed by atoms with Crippen molar-refractivity contribution in [2.75, 3.05) is 7.11 Å². The van der Waals surface area contributed by atoms with Crippen LogP contribution in [0, 0.1) is 0 Å². The fourth-order valence-corrected chi connectivity index (χ4v) is 2.63. The average Bonchev–Trinajstić information content (AvgIpc) is 2.58. The van der Waals surface area contributed by atoms with Crippen molar-refractivity contribution in [3.63, 3.8) is 0 Å². The first-order valence-corrected chi connectivity index (χ1v) is 5.06. The van der Waals surface area contributed by atoms with Gasteiger partial charge in [-0.15, -0.1) is 11.8 Å². The van der Waals surface area contributed by atoms with E-state index in [9.17, 15) is 0 Å². The predicted molar refractivity (Wildman–Crippen MR) is 50.1 cm³/mol. The largest absolute Gasteiger partial charge is 0.363 e. The lowest BCUT2D eigenvalue weighted by Crippen LogP contribution is -2.47. The van der Waals surface area contributed by atoms with Gasteiger partial charge in [-0.05, 0) is 6.08 Å². The van der Waals surface area contributed by atoms with Crippen LogP contribution in [-0.2, 0) is 4.74 Å². The third kappa shape index (κ3) is 1.88. The Hall–Kier alpha value is -0.110. The van der Waals surface area contributed by atoms with E-state index < -0.39 is 0 Å². The summed E-state index contributed by atoms with van der Waals surface area (Å²) in [5.74, 6) is 0. The molecule has 6 heteroatoms. The van der Waals surface area contributed by atoms with Gasteiger partial charge in [0.05, 0.1) is 11.4 Å². The van der Waals surface area contributed by atoms with Crippen LogP contribution in [0.3, 0.4) is 0 Å². The van der Waals surface area contributed by atoms with Gasteiger partial charge in [-0.25, -0.2) is 0 Å². The normalized spacial score (nSPS) is 43.5. The molecule has 0 aromatic rings. The number of nitrogens with one attached hydrogen (secondary N) is 3. The Morgan fingerprint density at radius 1 is 1.46 bits per heavy atom. The van der Waals surface area contributed by atoms with Crippen LogP contribution < -0.4 is 16.1 Å². The Kier molecular flexibility index (Phi) is 2.87. The topological polar surface area (TPSA) is 65.5 Å². The van der Waals surface area contributed by atoms with Crippen molar-refractivity contribution in [1.82, 2.24) is 16.1 Å². The summed E-state index contributed by atoms with van der Waals surface area (Å²) in [6, 6.07) is 0.251. The molecule has 5 nitrogen and oxygen atoms in total. The summed E-state index contributed by atoms with van der Waals surface area (Å²) in [4.78, 5) is 0. The standard InChI is InChI=1S/C7H13N3O2S/c1-12-5-3-2-4-6(9-5)13-7(8-4)10-11/h2-11H,1H3. The first-order chi connectivity index (χ1) is 6.33. The number of hydrogen-bond donors (Lipinski definition) is 4. The van der Waals surface area contributed by atoms with E-state index in [-0.39, 0.29) is 23.1 Å². The van der Waals surface area contributed by atoms with E-state index in [0.29, 0.717) is 0 Å². The number of hydrogen-bond acceptors (Lipinski definition) is 6. The van der Waals surface area contributed by atoms with Crippen LogP contribution in [0.25, 0.3) is 0 Å². The first-order valence-electron chi connectivity index (χ1n) is 4.12. The molecule has 4 N–H and O–H groups in total. The maximum atomic E-state index is 8.72. The lowest BCUT2D eigenvalue weighted by molar-refractivity contribution is 0.102. The molecule has 4 unspecified atom stereocenters. The highest BCUT2D eigenvalue weighted by molar-refractivity contribution is 8.00. The predicted octanol–water partition coefficient (Wildman–Crippen LogP) is -0.588. The van der Waals surface area contributed by atoms with Crippen LogP contribution in [0.1, 0.15) is 0 Å². The van der Waals surface area contributed by atoms with Gasteiger partial charge in [-0.1, -0.05) is 6.08 Å². The molecule has 1 saturated heterocycles. The lowest BCUT2D eigenvalue weighted by Gasteiger charge is -2.26. The van der Waals surface area contributed by atoms with E-state index >= 15 is 0 Å². The summed E-state index contributed by atoms with van der Waals surface area (Å²) in [5.41, 5.74) is 2.08. The van der Waals surface area contributed by atoms with Crippen LogP contribution in [0.5, 0.6) is 0 Å². The second-order valence-electron chi connectivity index (χ2n) is 2.97. The second kappa shape index (κ2) is 3.95. The molecule has 0 aromatic carbocycles. The summed E-state index contributed by atoms with van der Waals surface area (Å²) in [5, 5.41) is 15.4. The molecule has 0 saturated carbocycles. The molecule has 2 rings (SSSR count). The molecule has 2 aliphatic heterocycles. The van der Waals surface area contributed by atoms with E-state index in [4.69, 9.17) is 9.94 Å². The minimum Gasteiger partial charge on any atom is -0.363 e. The highest BCUT2D eigenvalue weighted by Gasteiger charge is 2.35. The second-order valence-corrected chi connectivity index (χ2v) is 4.22. The minimum atomic E-state index is -0.109. The Balaban J connectivity index is 1.98. The third-order valence-corrected chi connectivity index (χ3v) is 3.38. The third-order valence-electron chi connectivity index (χ3n) is 2.15. The van der Waals surface area contributed by atoms with Crippen molar-refractivity contribution in [3.8, 4) is 0 Å². The van der Waals surface area contributed by atoms with Gasteiger partial charge in [-0.2, -0.15) is 5.48 Å². The maximum Gasteiger partial charge on any atom is 0.130 e. The highest BCUT2D eigenvalue weighted by Crippen LogP contribution is 2.27. The van der Waals surface area contributed by atoms with Gasteiger partial charge < -0.3 is 9.94 Å². The zero-order chi connectivity index (χ0) is 9.26. The van der Waals surface area contributed by atoms with Crippen molar-refractivity contribution in [2.45, 2.75) is 23.1 Å². The Labute approximate surface area is 80.9 Å². The van der Waals surface area contributed by atoms with Crippen molar-refractivity contribution in [1.29, 1.82) is 0 Å². The van der Waals surface area contributed by atoms with Crippen molar-refractivity contribution in [2.24, 2.45) is 0 Å². The van der Waals surface area contributed by atoms with Gasteiger partial charge in [-0.3, -0.25) is 10.6 Å². The number of methoxy groups -OCH3 is 1. The van der Waals surface area contributed by atoms with E-state index in [1.165, 1.54) is 0 Å². The van der Waals surface area contributed by atoms with Gasteiger partial charge in [0.1, 0.15) is 11.7 Å².